The van der Waals surface area contributed by atoms with Crippen LogP contribution in [0.5, 0.6) is 0 Å². The molecule has 2 aromatic heterocycles. The predicted molar refractivity (Wildman–Crippen MR) is 109 cm³/mol. The molecule has 3 heterocycles. The van der Waals surface area contributed by atoms with Crippen molar-refractivity contribution < 1.29 is 13.7 Å². The van der Waals surface area contributed by atoms with Gasteiger partial charge in [-0.1, -0.05) is 43.1 Å². The zero-order valence-electron chi connectivity index (χ0n) is 16.9. The van der Waals surface area contributed by atoms with Crippen LogP contribution in [0.15, 0.2) is 33.2 Å². The fourth-order valence-corrected chi connectivity index (χ4v) is 3.85. The average Bonchev–Trinajstić information content (AvgIpc) is 3.35. The van der Waals surface area contributed by atoms with Gasteiger partial charge in [-0.3, -0.25) is 9.69 Å². The quantitative estimate of drug-likeness (QED) is 0.618. The van der Waals surface area contributed by atoms with Crippen molar-refractivity contribution in [2.45, 2.75) is 58.5 Å². The number of carbonyl (C=O) groups is 1. The fraction of sp³-hybridized carbons (Fsp3) is 0.500. The topological polar surface area (TPSA) is 84.4 Å². The molecule has 7 nitrogen and oxygen atoms in total. The van der Waals surface area contributed by atoms with Crippen LogP contribution in [-0.4, -0.2) is 34.0 Å². The van der Waals surface area contributed by atoms with Crippen LogP contribution < -0.4 is 5.32 Å². The molecular formula is C22H28N4O3. The molecule has 0 radical (unpaired) electrons. The number of unbranched alkanes of at least 4 members (excludes halogenated alkanes) is 1. The Hall–Kier alpha value is -2.67. The Balaban J connectivity index is 1.42. The number of nitrogens with one attached hydrogen (secondary N) is 1. The van der Waals surface area contributed by atoms with Gasteiger partial charge in [0, 0.05) is 11.8 Å². The van der Waals surface area contributed by atoms with Gasteiger partial charge < -0.3 is 14.3 Å². The molecule has 0 atom stereocenters. The lowest BCUT2D eigenvalue weighted by Gasteiger charge is -2.24. The molecule has 1 aromatic carbocycles. The van der Waals surface area contributed by atoms with Crippen molar-refractivity contribution >= 4 is 16.9 Å². The molecule has 0 unspecified atom stereocenters. The van der Waals surface area contributed by atoms with Crippen molar-refractivity contribution in [3.8, 4) is 0 Å². The summed E-state index contributed by atoms with van der Waals surface area (Å²) in [7, 11) is 0. The van der Waals surface area contributed by atoms with E-state index in [4.69, 9.17) is 8.94 Å². The number of furan rings is 1. The fourth-order valence-electron chi connectivity index (χ4n) is 3.85. The molecule has 154 valence electrons. The first-order valence-corrected chi connectivity index (χ1v) is 10.6. The van der Waals surface area contributed by atoms with Gasteiger partial charge in [0.05, 0.1) is 18.7 Å². The zero-order chi connectivity index (χ0) is 20.1. The number of para-hydroxylation sites is 1. The summed E-state index contributed by atoms with van der Waals surface area (Å²) in [5, 5.41) is 7.82. The molecule has 1 aliphatic heterocycles. The average molecular weight is 396 g/mol. The van der Waals surface area contributed by atoms with Crippen LogP contribution in [0.25, 0.3) is 11.0 Å². The van der Waals surface area contributed by atoms with E-state index in [9.17, 15) is 4.79 Å². The third kappa shape index (κ3) is 4.67. The summed E-state index contributed by atoms with van der Waals surface area (Å²) in [5.74, 6) is 1.67. The van der Waals surface area contributed by atoms with Gasteiger partial charge in [-0.15, -0.1) is 0 Å². The van der Waals surface area contributed by atoms with E-state index in [1.54, 1.807) is 0 Å². The van der Waals surface area contributed by atoms with E-state index in [0.717, 1.165) is 49.1 Å². The highest BCUT2D eigenvalue weighted by Gasteiger charge is 2.21. The summed E-state index contributed by atoms with van der Waals surface area (Å²) in [6, 6.07) is 7.65. The second kappa shape index (κ2) is 9.22. The number of hydrogen-bond donors (Lipinski definition) is 1. The molecule has 4 rings (SSSR count). The summed E-state index contributed by atoms with van der Waals surface area (Å²) in [4.78, 5) is 19.7. The van der Waals surface area contributed by atoms with Crippen LogP contribution in [0.2, 0.25) is 0 Å². The van der Waals surface area contributed by atoms with E-state index in [-0.39, 0.29) is 12.5 Å². The molecule has 29 heavy (non-hydrogen) atoms. The molecular weight excluding hydrogens is 368 g/mol. The molecule has 1 amide bonds. The molecule has 3 aromatic rings. The lowest BCUT2D eigenvalue weighted by atomic mass is 10.1. The Morgan fingerprint density at radius 3 is 2.86 bits per heavy atom. The Bertz CT molecular complexity index is 956. The predicted octanol–water partition coefficient (Wildman–Crippen LogP) is 4.07. The summed E-state index contributed by atoms with van der Waals surface area (Å²) in [6.07, 6.45) is 6.50. The maximum absolute atomic E-state index is 12.9. The maximum Gasteiger partial charge on any atom is 0.255 e. The third-order valence-electron chi connectivity index (χ3n) is 5.38. The van der Waals surface area contributed by atoms with Crippen molar-refractivity contribution in [2.75, 3.05) is 13.1 Å². The zero-order valence-corrected chi connectivity index (χ0v) is 16.9. The minimum atomic E-state index is -0.170. The van der Waals surface area contributed by atoms with Gasteiger partial charge in [0.2, 0.25) is 5.89 Å². The Morgan fingerprint density at radius 1 is 1.21 bits per heavy atom. The molecule has 0 spiro atoms. The van der Waals surface area contributed by atoms with E-state index in [1.807, 2.05) is 24.3 Å². The van der Waals surface area contributed by atoms with Gasteiger partial charge in [0.25, 0.3) is 5.91 Å². The third-order valence-corrected chi connectivity index (χ3v) is 5.38. The van der Waals surface area contributed by atoms with Gasteiger partial charge in [-0.2, -0.15) is 4.98 Å². The van der Waals surface area contributed by atoms with Gasteiger partial charge in [0.1, 0.15) is 11.3 Å². The highest BCUT2D eigenvalue weighted by Crippen LogP contribution is 2.27. The summed E-state index contributed by atoms with van der Waals surface area (Å²) < 4.78 is 11.3. The molecule has 1 aliphatic rings. The lowest BCUT2D eigenvalue weighted by Crippen LogP contribution is -2.29. The van der Waals surface area contributed by atoms with E-state index in [2.05, 4.69) is 27.3 Å². The lowest BCUT2D eigenvalue weighted by molar-refractivity contribution is 0.0945. The van der Waals surface area contributed by atoms with Crippen molar-refractivity contribution in [2.24, 2.45) is 0 Å². The second-order valence-corrected chi connectivity index (χ2v) is 7.62. The molecule has 1 N–H and O–H groups in total. The minimum Gasteiger partial charge on any atom is -0.460 e. The first-order chi connectivity index (χ1) is 14.2. The van der Waals surface area contributed by atoms with Gasteiger partial charge in [-0.25, -0.2) is 0 Å². The molecule has 0 bridgehead atoms. The molecule has 0 aliphatic carbocycles. The van der Waals surface area contributed by atoms with Crippen LogP contribution in [-0.2, 0) is 19.5 Å². The highest BCUT2D eigenvalue weighted by molar-refractivity contribution is 6.07. The second-order valence-electron chi connectivity index (χ2n) is 7.62. The van der Waals surface area contributed by atoms with Crippen molar-refractivity contribution in [1.29, 1.82) is 0 Å². The number of hydrogen-bond acceptors (Lipinski definition) is 6. The van der Waals surface area contributed by atoms with Crippen LogP contribution in [0.4, 0.5) is 0 Å². The number of amides is 1. The standard InChI is InChI=1S/C22H28N4O3/c1-2-3-10-18-21(16-9-5-6-11-17(16)28-18)22(27)23-14-20-24-19(25-29-20)15-26-12-7-4-8-13-26/h5-6,9,11H,2-4,7-8,10,12-15H2,1H3,(H,23,27). The van der Waals surface area contributed by atoms with Crippen molar-refractivity contribution in [1.82, 2.24) is 20.4 Å². The van der Waals surface area contributed by atoms with Crippen molar-refractivity contribution in [3.63, 3.8) is 0 Å². The number of rotatable bonds is 8. The van der Waals surface area contributed by atoms with E-state index in [0.29, 0.717) is 23.8 Å². The van der Waals surface area contributed by atoms with Gasteiger partial charge in [0.15, 0.2) is 5.82 Å². The molecule has 0 saturated carbocycles. The maximum atomic E-state index is 12.9. The number of piperidine rings is 1. The Kier molecular flexibility index (Phi) is 6.24. The van der Waals surface area contributed by atoms with Crippen LogP contribution in [0, 0.1) is 0 Å². The minimum absolute atomic E-state index is 0.170. The molecule has 7 heteroatoms. The highest BCUT2D eigenvalue weighted by atomic mass is 16.5. The normalized spacial score (nSPS) is 15.1. The summed E-state index contributed by atoms with van der Waals surface area (Å²) in [5.41, 5.74) is 1.35. The van der Waals surface area contributed by atoms with E-state index >= 15 is 0 Å². The first kappa shape index (κ1) is 19.6. The molecule has 1 fully saturated rings. The Labute approximate surface area is 170 Å². The van der Waals surface area contributed by atoms with Crippen molar-refractivity contribution in [3.05, 3.63) is 47.3 Å². The largest absolute Gasteiger partial charge is 0.460 e. The SMILES string of the molecule is CCCCc1oc2ccccc2c1C(=O)NCc1nc(CN2CCCCC2)no1. The molecule has 1 saturated heterocycles. The smallest absolute Gasteiger partial charge is 0.255 e. The number of benzene rings is 1. The van der Waals surface area contributed by atoms with E-state index < -0.39 is 0 Å². The van der Waals surface area contributed by atoms with Crippen LogP contribution >= 0.6 is 0 Å². The Morgan fingerprint density at radius 2 is 2.03 bits per heavy atom. The number of nitrogens with zero attached hydrogens (tertiary/aromatic N) is 3. The number of likely N-dealkylation sites (tertiary alicyclic amines) is 1. The van der Waals surface area contributed by atoms with E-state index in [1.165, 1.54) is 19.3 Å². The van der Waals surface area contributed by atoms with Crippen LogP contribution in [0.1, 0.15) is 66.9 Å². The number of aromatic nitrogens is 2. The van der Waals surface area contributed by atoms with Gasteiger partial charge >= 0.3 is 0 Å². The van der Waals surface area contributed by atoms with Crippen LogP contribution in [0.3, 0.4) is 0 Å². The summed E-state index contributed by atoms with van der Waals surface area (Å²) in [6.45, 7) is 5.19. The monoisotopic (exact) mass is 396 g/mol. The summed E-state index contributed by atoms with van der Waals surface area (Å²) >= 11 is 0. The number of carbonyl (C=O) groups excluding carboxylic acids is 1. The van der Waals surface area contributed by atoms with Gasteiger partial charge in [-0.05, 0) is 38.4 Å². The number of fused-ring (bicyclic) bond motifs is 1. The number of aryl methyl sites for hydroxylation is 1. The first-order valence-electron chi connectivity index (χ1n) is 10.6.